The molecule has 2 aromatic heterocycles. The largest absolute Gasteiger partial charge is 0.497 e. The van der Waals surface area contributed by atoms with Gasteiger partial charge < -0.3 is 10.1 Å². The molecule has 5 nitrogen and oxygen atoms in total. The molecule has 0 saturated carbocycles. The maximum atomic E-state index is 5.37. The van der Waals surface area contributed by atoms with E-state index in [0.29, 0.717) is 5.82 Å². The summed E-state index contributed by atoms with van der Waals surface area (Å²) in [5, 5.41) is 4.16. The molecule has 1 N–H and O–H groups in total. The molecule has 0 fully saturated rings. The van der Waals surface area contributed by atoms with Gasteiger partial charge >= 0.3 is 0 Å². The first kappa shape index (κ1) is 16.0. The fourth-order valence-corrected chi connectivity index (χ4v) is 2.99. The first-order chi connectivity index (χ1) is 12.8. The highest BCUT2D eigenvalue weighted by Gasteiger charge is 2.13. The van der Waals surface area contributed by atoms with Crippen LogP contribution in [-0.4, -0.2) is 29.1 Å². The predicted octanol–water partition coefficient (Wildman–Crippen LogP) is 4.41. The number of methoxy groups -OCH3 is 1. The number of fused-ring (bicyclic) bond motifs is 1. The minimum absolute atomic E-state index is 0.644. The average Bonchev–Trinajstić information content (AvgIpc) is 2.73. The van der Waals surface area contributed by atoms with Crippen molar-refractivity contribution in [2.75, 3.05) is 19.5 Å². The molecule has 26 heavy (non-hydrogen) atoms. The van der Waals surface area contributed by atoms with Crippen molar-refractivity contribution in [3.8, 4) is 28.3 Å². The molecule has 2 heterocycles. The van der Waals surface area contributed by atoms with Crippen LogP contribution in [0, 0.1) is 0 Å². The number of ether oxygens (including phenoxy) is 1. The predicted molar refractivity (Wildman–Crippen MR) is 104 cm³/mol. The topological polar surface area (TPSA) is 59.9 Å². The van der Waals surface area contributed by atoms with Crippen LogP contribution in [-0.2, 0) is 0 Å². The summed E-state index contributed by atoms with van der Waals surface area (Å²) in [4.78, 5) is 13.7. The van der Waals surface area contributed by atoms with Crippen molar-refractivity contribution >= 4 is 16.7 Å². The highest BCUT2D eigenvalue weighted by atomic mass is 16.5. The van der Waals surface area contributed by atoms with Crippen molar-refractivity contribution in [2.24, 2.45) is 0 Å². The van der Waals surface area contributed by atoms with Crippen LogP contribution in [0.3, 0.4) is 0 Å². The first-order valence-electron chi connectivity index (χ1n) is 8.33. The smallest absolute Gasteiger partial charge is 0.163 e. The summed E-state index contributed by atoms with van der Waals surface area (Å²) in [6.07, 6.45) is 3.51. The first-order valence-corrected chi connectivity index (χ1v) is 8.33. The molecular formula is C21H18N4O. The second-order valence-corrected chi connectivity index (χ2v) is 5.82. The van der Waals surface area contributed by atoms with E-state index in [1.54, 1.807) is 19.5 Å². The lowest BCUT2D eigenvalue weighted by Crippen LogP contribution is -2.00. The third kappa shape index (κ3) is 2.84. The molecule has 2 aromatic carbocycles. The van der Waals surface area contributed by atoms with Crippen LogP contribution >= 0.6 is 0 Å². The quantitative estimate of drug-likeness (QED) is 0.595. The number of nitrogens with one attached hydrogen (secondary N) is 1. The van der Waals surface area contributed by atoms with Gasteiger partial charge in [-0.1, -0.05) is 24.3 Å². The van der Waals surface area contributed by atoms with Gasteiger partial charge in [0, 0.05) is 36.0 Å². The van der Waals surface area contributed by atoms with Crippen molar-refractivity contribution < 1.29 is 4.74 Å². The highest BCUT2D eigenvalue weighted by molar-refractivity contribution is 6.00. The molecule has 0 saturated heterocycles. The summed E-state index contributed by atoms with van der Waals surface area (Å²) in [5.41, 5.74) is 3.85. The van der Waals surface area contributed by atoms with Crippen LogP contribution in [0.25, 0.3) is 33.4 Å². The van der Waals surface area contributed by atoms with Gasteiger partial charge in [-0.15, -0.1) is 0 Å². The van der Waals surface area contributed by atoms with E-state index in [0.717, 1.165) is 39.2 Å². The summed E-state index contributed by atoms with van der Waals surface area (Å²) < 4.78 is 5.37. The van der Waals surface area contributed by atoms with Crippen molar-refractivity contribution in [1.82, 2.24) is 15.0 Å². The number of hydrogen-bond donors (Lipinski definition) is 1. The van der Waals surface area contributed by atoms with E-state index < -0.39 is 0 Å². The third-order valence-corrected chi connectivity index (χ3v) is 4.26. The van der Waals surface area contributed by atoms with Gasteiger partial charge in [0.15, 0.2) is 5.82 Å². The van der Waals surface area contributed by atoms with E-state index >= 15 is 0 Å². The Morgan fingerprint density at radius 2 is 1.77 bits per heavy atom. The Hall–Kier alpha value is -3.47. The third-order valence-electron chi connectivity index (χ3n) is 4.26. The number of rotatable bonds is 4. The van der Waals surface area contributed by atoms with Crippen LogP contribution < -0.4 is 10.1 Å². The van der Waals surface area contributed by atoms with E-state index in [2.05, 4.69) is 27.4 Å². The lowest BCUT2D eigenvalue weighted by Gasteiger charge is -2.12. The summed E-state index contributed by atoms with van der Waals surface area (Å²) in [6, 6.07) is 17.9. The molecule has 0 spiro atoms. The number of anilines is 1. The Balaban J connectivity index is 1.99. The SMILES string of the molecule is CNc1nc(-c2cccnc2)nc2c(-c3cccc(OC)c3)cccc12. The minimum atomic E-state index is 0.644. The molecule has 4 rings (SSSR count). The molecular weight excluding hydrogens is 324 g/mol. The molecule has 0 unspecified atom stereocenters. The lowest BCUT2D eigenvalue weighted by atomic mass is 10.0. The second-order valence-electron chi connectivity index (χ2n) is 5.82. The molecule has 0 amide bonds. The Kier molecular flexibility index (Phi) is 4.19. The van der Waals surface area contributed by atoms with E-state index in [9.17, 15) is 0 Å². The molecule has 128 valence electrons. The van der Waals surface area contributed by atoms with Crippen molar-refractivity contribution in [3.63, 3.8) is 0 Å². The van der Waals surface area contributed by atoms with Gasteiger partial charge in [0.05, 0.1) is 12.6 Å². The summed E-state index contributed by atoms with van der Waals surface area (Å²) >= 11 is 0. The summed E-state index contributed by atoms with van der Waals surface area (Å²) in [6.45, 7) is 0. The van der Waals surface area contributed by atoms with Crippen LogP contribution in [0.4, 0.5) is 5.82 Å². The number of para-hydroxylation sites is 1. The maximum absolute atomic E-state index is 5.37. The van der Waals surface area contributed by atoms with Crippen LogP contribution in [0.1, 0.15) is 0 Å². The fraction of sp³-hybridized carbons (Fsp3) is 0.0952. The Morgan fingerprint density at radius 3 is 2.54 bits per heavy atom. The van der Waals surface area contributed by atoms with Crippen molar-refractivity contribution in [1.29, 1.82) is 0 Å². The van der Waals surface area contributed by atoms with E-state index in [1.165, 1.54) is 0 Å². The molecule has 0 aliphatic rings. The zero-order valence-electron chi connectivity index (χ0n) is 14.6. The molecule has 0 aliphatic heterocycles. The van der Waals surface area contributed by atoms with Gasteiger partial charge in [0.1, 0.15) is 11.6 Å². The molecule has 4 aromatic rings. The number of hydrogen-bond acceptors (Lipinski definition) is 5. The standard InChI is InChI=1S/C21H18N4O/c1-22-21-18-10-4-9-17(14-6-3-8-16(12-14)26-2)19(18)24-20(25-21)15-7-5-11-23-13-15/h3-13H,1-2H3,(H,22,24,25). The number of aromatic nitrogens is 3. The zero-order chi connectivity index (χ0) is 17.9. The van der Waals surface area contributed by atoms with Crippen molar-refractivity contribution in [3.05, 3.63) is 67.0 Å². The number of benzene rings is 2. The fourth-order valence-electron chi connectivity index (χ4n) is 2.99. The van der Waals surface area contributed by atoms with Crippen LogP contribution in [0.2, 0.25) is 0 Å². The second kappa shape index (κ2) is 6.80. The van der Waals surface area contributed by atoms with Gasteiger partial charge in [-0.25, -0.2) is 9.97 Å². The van der Waals surface area contributed by atoms with Crippen molar-refractivity contribution in [2.45, 2.75) is 0 Å². The molecule has 5 heteroatoms. The molecule has 0 radical (unpaired) electrons. The van der Waals surface area contributed by atoms with Gasteiger partial charge in [0.2, 0.25) is 0 Å². The van der Waals surface area contributed by atoms with Gasteiger partial charge in [-0.05, 0) is 35.9 Å². The van der Waals surface area contributed by atoms with E-state index in [-0.39, 0.29) is 0 Å². The molecule has 0 aliphatic carbocycles. The molecule has 0 atom stereocenters. The van der Waals surface area contributed by atoms with Gasteiger partial charge in [-0.2, -0.15) is 0 Å². The zero-order valence-corrected chi connectivity index (χ0v) is 14.6. The van der Waals surface area contributed by atoms with E-state index in [1.807, 2.05) is 49.5 Å². The minimum Gasteiger partial charge on any atom is -0.497 e. The van der Waals surface area contributed by atoms with Gasteiger partial charge in [-0.3, -0.25) is 4.98 Å². The Labute approximate surface area is 151 Å². The summed E-state index contributed by atoms with van der Waals surface area (Å²) in [5.74, 6) is 2.25. The lowest BCUT2D eigenvalue weighted by molar-refractivity contribution is 0.415. The van der Waals surface area contributed by atoms with Gasteiger partial charge in [0.25, 0.3) is 0 Å². The Morgan fingerprint density at radius 1 is 0.923 bits per heavy atom. The monoisotopic (exact) mass is 342 g/mol. The summed E-state index contributed by atoms with van der Waals surface area (Å²) in [7, 11) is 3.54. The highest BCUT2D eigenvalue weighted by Crippen LogP contribution is 2.33. The van der Waals surface area contributed by atoms with Crippen LogP contribution in [0.15, 0.2) is 67.0 Å². The van der Waals surface area contributed by atoms with Crippen LogP contribution in [0.5, 0.6) is 5.75 Å². The normalized spacial score (nSPS) is 10.7. The maximum Gasteiger partial charge on any atom is 0.163 e. The Bertz CT molecular complexity index is 1060. The number of pyridine rings is 1. The van der Waals surface area contributed by atoms with E-state index in [4.69, 9.17) is 9.72 Å². The number of nitrogens with zero attached hydrogens (tertiary/aromatic N) is 3. The molecule has 0 bridgehead atoms. The average molecular weight is 342 g/mol.